The molecule has 0 aromatic carbocycles. The van der Waals surface area contributed by atoms with Crippen molar-refractivity contribution in [1.82, 2.24) is 4.90 Å². The van der Waals surface area contributed by atoms with Crippen LogP contribution in [0.2, 0.25) is 0 Å². The van der Waals surface area contributed by atoms with E-state index in [0.29, 0.717) is 11.0 Å². The van der Waals surface area contributed by atoms with Gasteiger partial charge in [0.25, 0.3) is 0 Å². The van der Waals surface area contributed by atoms with E-state index in [1.165, 1.54) is 64.5 Å². The molecule has 0 unspecified atom stereocenters. The van der Waals surface area contributed by atoms with Crippen LogP contribution in [-0.4, -0.2) is 30.1 Å². The minimum absolute atomic E-state index is 0.348. The topological polar surface area (TPSA) is 29.3 Å². The maximum atomic E-state index is 6.21. The van der Waals surface area contributed by atoms with E-state index in [9.17, 15) is 0 Å². The Morgan fingerprint density at radius 1 is 1.05 bits per heavy atom. The van der Waals surface area contributed by atoms with Gasteiger partial charge in [-0.15, -0.1) is 0 Å². The van der Waals surface area contributed by atoms with Crippen molar-refractivity contribution in [3.63, 3.8) is 0 Å². The average Bonchev–Trinajstić information content (AvgIpc) is 2.48. The zero-order valence-corrected chi connectivity index (χ0v) is 13.4. The molecule has 0 radical (unpaired) electrons. The average molecular weight is 266 g/mol. The summed E-state index contributed by atoms with van der Waals surface area (Å²) in [6.45, 7) is 10.6. The highest BCUT2D eigenvalue weighted by molar-refractivity contribution is 4.98. The Kier molecular flexibility index (Phi) is 4.94. The largest absolute Gasteiger partial charge is 0.329 e. The van der Waals surface area contributed by atoms with Crippen LogP contribution < -0.4 is 5.73 Å². The van der Waals surface area contributed by atoms with Crippen LogP contribution in [0.25, 0.3) is 0 Å². The number of piperidine rings is 1. The summed E-state index contributed by atoms with van der Waals surface area (Å²) in [6.07, 6.45) is 10.9. The number of rotatable bonds is 4. The third-order valence-corrected chi connectivity index (χ3v) is 6.49. The summed E-state index contributed by atoms with van der Waals surface area (Å²) in [5.74, 6) is 0.963. The fourth-order valence-electron chi connectivity index (χ4n) is 4.15. The molecule has 0 bridgehead atoms. The fourth-order valence-corrected chi connectivity index (χ4v) is 4.15. The van der Waals surface area contributed by atoms with E-state index < -0.39 is 0 Å². The second-order valence-corrected chi connectivity index (χ2v) is 7.43. The number of hydrogen-bond acceptors (Lipinski definition) is 2. The summed E-state index contributed by atoms with van der Waals surface area (Å²) in [4.78, 5) is 2.76. The molecule has 1 heterocycles. The van der Waals surface area contributed by atoms with Crippen LogP contribution in [0.3, 0.4) is 0 Å². The molecule has 1 saturated carbocycles. The Balaban J connectivity index is 1.96. The van der Waals surface area contributed by atoms with E-state index in [1.54, 1.807) is 0 Å². The van der Waals surface area contributed by atoms with Crippen molar-refractivity contribution >= 4 is 0 Å². The van der Waals surface area contributed by atoms with Crippen LogP contribution in [0.5, 0.6) is 0 Å². The van der Waals surface area contributed by atoms with E-state index in [4.69, 9.17) is 5.73 Å². The van der Waals surface area contributed by atoms with Gasteiger partial charge in [-0.3, -0.25) is 4.90 Å². The molecule has 2 aliphatic rings. The van der Waals surface area contributed by atoms with E-state index in [0.717, 1.165) is 12.5 Å². The van der Waals surface area contributed by atoms with Gasteiger partial charge >= 0.3 is 0 Å². The van der Waals surface area contributed by atoms with Gasteiger partial charge in [-0.1, -0.05) is 33.6 Å². The summed E-state index contributed by atoms with van der Waals surface area (Å²) < 4.78 is 0. The summed E-state index contributed by atoms with van der Waals surface area (Å²) in [6, 6.07) is 0. The highest BCUT2D eigenvalue weighted by atomic mass is 15.2. The molecule has 0 amide bonds. The third kappa shape index (κ3) is 3.16. The Morgan fingerprint density at radius 2 is 1.63 bits per heavy atom. The molecule has 0 spiro atoms. The van der Waals surface area contributed by atoms with Crippen LogP contribution >= 0.6 is 0 Å². The van der Waals surface area contributed by atoms with Gasteiger partial charge in [0.05, 0.1) is 0 Å². The van der Waals surface area contributed by atoms with E-state index in [1.807, 2.05) is 0 Å². The monoisotopic (exact) mass is 266 g/mol. The fraction of sp³-hybridized carbons (Fsp3) is 1.00. The first-order valence-corrected chi connectivity index (χ1v) is 8.52. The first-order chi connectivity index (χ1) is 9.07. The Morgan fingerprint density at radius 3 is 2.05 bits per heavy atom. The number of likely N-dealkylation sites (tertiary alicyclic amines) is 1. The molecular weight excluding hydrogens is 232 g/mol. The molecule has 1 aliphatic carbocycles. The summed E-state index contributed by atoms with van der Waals surface area (Å²) in [5, 5.41) is 0. The van der Waals surface area contributed by atoms with E-state index in [-0.39, 0.29) is 0 Å². The first-order valence-electron chi connectivity index (χ1n) is 8.52. The summed E-state index contributed by atoms with van der Waals surface area (Å²) in [7, 11) is 0. The molecule has 1 aliphatic heterocycles. The van der Waals surface area contributed by atoms with Crippen molar-refractivity contribution in [2.24, 2.45) is 17.1 Å². The van der Waals surface area contributed by atoms with Crippen molar-refractivity contribution < 1.29 is 0 Å². The highest BCUT2D eigenvalue weighted by Gasteiger charge is 2.41. The second kappa shape index (κ2) is 6.13. The molecule has 0 aromatic rings. The lowest BCUT2D eigenvalue weighted by Crippen LogP contribution is -2.58. The van der Waals surface area contributed by atoms with E-state index in [2.05, 4.69) is 25.7 Å². The molecule has 0 aromatic heterocycles. The number of hydrogen-bond donors (Lipinski definition) is 1. The zero-order valence-electron chi connectivity index (χ0n) is 13.4. The molecule has 2 fully saturated rings. The van der Waals surface area contributed by atoms with Gasteiger partial charge in [0.1, 0.15) is 0 Å². The zero-order chi connectivity index (χ0) is 13.9. The lowest BCUT2D eigenvalue weighted by molar-refractivity contribution is -0.00535. The van der Waals surface area contributed by atoms with Crippen molar-refractivity contribution in [3.05, 3.63) is 0 Å². The molecule has 2 nitrogen and oxygen atoms in total. The molecule has 0 atom stereocenters. The Bertz CT molecular complexity index is 271. The molecule has 112 valence electrons. The van der Waals surface area contributed by atoms with Gasteiger partial charge < -0.3 is 5.73 Å². The predicted octanol–water partition coefficient (Wildman–Crippen LogP) is 3.80. The minimum Gasteiger partial charge on any atom is -0.329 e. The molecule has 2 rings (SSSR count). The van der Waals surface area contributed by atoms with Crippen LogP contribution in [-0.2, 0) is 0 Å². The van der Waals surface area contributed by atoms with Crippen LogP contribution in [0, 0.1) is 11.3 Å². The van der Waals surface area contributed by atoms with Crippen molar-refractivity contribution in [2.45, 2.75) is 77.7 Å². The SMILES string of the molecule is CCC1CCC(CN)(N2CCC(C)(CC)CC2)CC1. The molecular formula is C17H34N2. The van der Waals surface area contributed by atoms with Gasteiger partial charge in [-0.05, 0) is 62.9 Å². The van der Waals surface area contributed by atoms with Gasteiger partial charge in [0.2, 0.25) is 0 Å². The Labute approximate surface area is 120 Å². The maximum Gasteiger partial charge on any atom is 0.0331 e. The quantitative estimate of drug-likeness (QED) is 0.838. The van der Waals surface area contributed by atoms with Gasteiger partial charge in [-0.25, -0.2) is 0 Å². The van der Waals surface area contributed by atoms with E-state index >= 15 is 0 Å². The second-order valence-electron chi connectivity index (χ2n) is 7.43. The van der Waals surface area contributed by atoms with Gasteiger partial charge in [0, 0.05) is 12.1 Å². The Hall–Kier alpha value is -0.0800. The minimum atomic E-state index is 0.348. The molecule has 1 saturated heterocycles. The summed E-state index contributed by atoms with van der Waals surface area (Å²) in [5.41, 5.74) is 7.15. The summed E-state index contributed by atoms with van der Waals surface area (Å²) >= 11 is 0. The van der Waals surface area contributed by atoms with Crippen molar-refractivity contribution in [3.8, 4) is 0 Å². The molecule has 2 N–H and O–H groups in total. The normalized spacial score (nSPS) is 36.3. The standard InChI is InChI=1S/C17H34N2/c1-4-15-6-8-17(14-18,9-7-15)19-12-10-16(3,5-2)11-13-19/h15H,4-14,18H2,1-3H3. The van der Waals surface area contributed by atoms with Gasteiger partial charge in [0.15, 0.2) is 0 Å². The number of nitrogens with two attached hydrogens (primary N) is 1. The molecule has 19 heavy (non-hydrogen) atoms. The smallest absolute Gasteiger partial charge is 0.0331 e. The first kappa shape index (κ1) is 15.3. The predicted molar refractivity (Wildman–Crippen MR) is 83.2 cm³/mol. The maximum absolute atomic E-state index is 6.21. The lowest BCUT2D eigenvalue weighted by atomic mass is 9.71. The highest BCUT2D eigenvalue weighted by Crippen LogP contribution is 2.42. The van der Waals surface area contributed by atoms with Gasteiger partial charge in [-0.2, -0.15) is 0 Å². The lowest BCUT2D eigenvalue weighted by Gasteiger charge is -2.52. The third-order valence-electron chi connectivity index (χ3n) is 6.49. The van der Waals surface area contributed by atoms with Crippen LogP contribution in [0.1, 0.15) is 72.1 Å². The van der Waals surface area contributed by atoms with Crippen molar-refractivity contribution in [1.29, 1.82) is 0 Å². The molecule has 2 heteroatoms. The van der Waals surface area contributed by atoms with Crippen LogP contribution in [0.15, 0.2) is 0 Å². The van der Waals surface area contributed by atoms with Crippen LogP contribution in [0.4, 0.5) is 0 Å². The number of nitrogens with zero attached hydrogens (tertiary/aromatic N) is 1. The van der Waals surface area contributed by atoms with Crippen molar-refractivity contribution in [2.75, 3.05) is 19.6 Å².